The van der Waals surface area contributed by atoms with Crippen molar-refractivity contribution in [2.24, 2.45) is 0 Å². The molecule has 0 aromatic heterocycles. The number of benzene rings is 3. The fourth-order valence-electron chi connectivity index (χ4n) is 4.10. The van der Waals surface area contributed by atoms with Gasteiger partial charge in [-0.2, -0.15) is 0 Å². The van der Waals surface area contributed by atoms with Crippen LogP contribution in [0.15, 0.2) is 66.7 Å². The molecule has 0 amide bonds. The van der Waals surface area contributed by atoms with Crippen LogP contribution in [-0.2, 0) is 22.6 Å². The highest BCUT2D eigenvalue weighted by Gasteiger charge is 2.27. The quantitative estimate of drug-likeness (QED) is 0.624. The van der Waals surface area contributed by atoms with Gasteiger partial charge in [0, 0.05) is 18.9 Å². The molecule has 2 N–H and O–H groups in total. The zero-order chi connectivity index (χ0) is 20.1. The number of hydrogen-bond acceptors (Lipinski definition) is 3. The number of hydrogen-bond donors (Lipinski definition) is 2. The number of carboxylic acid groups (broad SMARTS) is 1. The molecule has 0 saturated carbocycles. The summed E-state index contributed by atoms with van der Waals surface area (Å²) in [6, 6.07) is 23.3. The standard InChI is InChI=1S/C25H27NO3/c27-25(28)12-8-18-5-10-21(11-6-18)23-13-14-26-16-24(23)29-17-19-7-9-20-3-1-2-4-22(20)15-19/h1-7,9-11,15,23-24,26H,8,12-14,16-17H2,(H,27,28). The lowest BCUT2D eigenvalue weighted by Gasteiger charge is -2.32. The molecule has 0 radical (unpaired) electrons. The fourth-order valence-corrected chi connectivity index (χ4v) is 4.10. The SMILES string of the molecule is O=C(O)CCc1ccc(C2CCNCC2OCc2ccc3ccccc3c2)cc1. The fraction of sp³-hybridized carbons (Fsp3) is 0.320. The van der Waals surface area contributed by atoms with E-state index in [1.54, 1.807) is 0 Å². The highest BCUT2D eigenvalue weighted by molar-refractivity contribution is 5.82. The highest BCUT2D eigenvalue weighted by Crippen LogP contribution is 2.29. The van der Waals surface area contributed by atoms with Crippen LogP contribution < -0.4 is 5.32 Å². The minimum atomic E-state index is -0.755. The first-order valence-corrected chi connectivity index (χ1v) is 10.3. The predicted octanol–water partition coefficient (Wildman–Crippen LogP) is 4.52. The van der Waals surface area contributed by atoms with Crippen LogP contribution in [0.3, 0.4) is 0 Å². The van der Waals surface area contributed by atoms with Gasteiger partial charge in [0.25, 0.3) is 0 Å². The van der Waals surface area contributed by atoms with E-state index < -0.39 is 5.97 Å². The molecule has 2 atom stereocenters. The van der Waals surface area contributed by atoms with Gasteiger partial charge in [0.1, 0.15) is 0 Å². The van der Waals surface area contributed by atoms with Gasteiger partial charge in [-0.1, -0.05) is 60.7 Å². The second-order valence-electron chi connectivity index (χ2n) is 7.77. The Kier molecular flexibility index (Phi) is 6.23. The van der Waals surface area contributed by atoms with Gasteiger partial charge in [0.05, 0.1) is 12.7 Å². The van der Waals surface area contributed by atoms with Gasteiger partial charge in [-0.05, 0) is 52.9 Å². The van der Waals surface area contributed by atoms with Crippen LogP contribution in [0.1, 0.15) is 35.4 Å². The average Bonchev–Trinajstić information content (AvgIpc) is 2.77. The summed E-state index contributed by atoms with van der Waals surface area (Å²) in [7, 11) is 0. The molecule has 4 rings (SSSR count). The molecule has 1 saturated heterocycles. The molecule has 1 heterocycles. The largest absolute Gasteiger partial charge is 0.481 e. The third-order valence-corrected chi connectivity index (χ3v) is 5.74. The molecule has 0 spiro atoms. The lowest BCUT2D eigenvalue weighted by molar-refractivity contribution is -0.136. The summed E-state index contributed by atoms with van der Waals surface area (Å²) >= 11 is 0. The summed E-state index contributed by atoms with van der Waals surface area (Å²) in [4.78, 5) is 10.8. The van der Waals surface area contributed by atoms with Gasteiger partial charge in [0.15, 0.2) is 0 Å². The predicted molar refractivity (Wildman–Crippen MR) is 115 cm³/mol. The first kappa shape index (κ1) is 19.6. The summed E-state index contributed by atoms with van der Waals surface area (Å²) < 4.78 is 6.35. The second kappa shape index (κ2) is 9.21. The zero-order valence-corrected chi connectivity index (χ0v) is 16.5. The Hall–Kier alpha value is -2.69. The van der Waals surface area contributed by atoms with Crippen molar-refractivity contribution in [1.29, 1.82) is 0 Å². The minimum Gasteiger partial charge on any atom is -0.481 e. The van der Waals surface area contributed by atoms with Crippen molar-refractivity contribution >= 4 is 16.7 Å². The van der Waals surface area contributed by atoms with Crippen LogP contribution >= 0.6 is 0 Å². The van der Waals surface area contributed by atoms with Crippen LogP contribution in [-0.4, -0.2) is 30.3 Å². The van der Waals surface area contributed by atoms with Crippen LogP contribution in [0.25, 0.3) is 10.8 Å². The van der Waals surface area contributed by atoms with Crippen LogP contribution in [0.5, 0.6) is 0 Å². The first-order chi connectivity index (χ1) is 14.2. The Morgan fingerprint density at radius 3 is 2.55 bits per heavy atom. The van der Waals surface area contributed by atoms with Gasteiger partial charge in [-0.3, -0.25) is 4.79 Å². The van der Waals surface area contributed by atoms with Gasteiger partial charge >= 0.3 is 5.97 Å². The lowest BCUT2D eigenvalue weighted by Crippen LogP contribution is -2.40. The van der Waals surface area contributed by atoms with Crippen LogP contribution in [0.2, 0.25) is 0 Å². The minimum absolute atomic E-state index is 0.125. The van der Waals surface area contributed by atoms with E-state index in [1.165, 1.54) is 21.9 Å². The number of fused-ring (bicyclic) bond motifs is 1. The second-order valence-corrected chi connectivity index (χ2v) is 7.77. The van der Waals surface area contributed by atoms with Crippen molar-refractivity contribution in [2.45, 2.75) is 37.9 Å². The Labute approximate surface area is 171 Å². The molecule has 4 nitrogen and oxygen atoms in total. The van der Waals surface area contributed by atoms with Crippen molar-refractivity contribution in [3.63, 3.8) is 0 Å². The smallest absolute Gasteiger partial charge is 0.303 e. The number of carbonyl (C=O) groups is 1. The monoisotopic (exact) mass is 389 g/mol. The Bertz CT molecular complexity index is 967. The Morgan fingerprint density at radius 1 is 1.00 bits per heavy atom. The van der Waals surface area contributed by atoms with Crippen LogP contribution in [0, 0.1) is 0 Å². The van der Waals surface area contributed by atoms with E-state index in [1.807, 2.05) is 0 Å². The molecule has 0 bridgehead atoms. The third kappa shape index (κ3) is 5.03. The molecule has 3 aromatic carbocycles. The zero-order valence-electron chi connectivity index (χ0n) is 16.5. The number of aliphatic carboxylic acids is 1. The van der Waals surface area contributed by atoms with E-state index >= 15 is 0 Å². The van der Waals surface area contributed by atoms with Crippen molar-refractivity contribution in [3.05, 3.63) is 83.4 Å². The maximum absolute atomic E-state index is 10.8. The normalized spacial score (nSPS) is 19.3. The molecule has 1 aliphatic heterocycles. The summed E-state index contributed by atoms with van der Waals surface area (Å²) in [6.07, 6.45) is 1.91. The van der Waals surface area contributed by atoms with E-state index in [9.17, 15) is 4.79 Å². The summed E-state index contributed by atoms with van der Waals surface area (Å²) in [5.41, 5.74) is 3.53. The van der Waals surface area contributed by atoms with Crippen LogP contribution in [0.4, 0.5) is 0 Å². The molecule has 3 aromatic rings. The number of ether oxygens (including phenoxy) is 1. The Morgan fingerprint density at radius 2 is 1.76 bits per heavy atom. The Balaban J connectivity index is 1.42. The van der Waals surface area contributed by atoms with Gasteiger partial charge < -0.3 is 15.2 Å². The number of carboxylic acids is 1. The average molecular weight is 389 g/mol. The maximum Gasteiger partial charge on any atom is 0.303 e. The van der Waals surface area contributed by atoms with Gasteiger partial charge in [0.2, 0.25) is 0 Å². The summed E-state index contributed by atoms with van der Waals surface area (Å²) in [6.45, 7) is 2.44. The van der Waals surface area contributed by atoms with Crippen molar-refractivity contribution < 1.29 is 14.6 Å². The molecule has 0 aliphatic carbocycles. The molecular weight excluding hydrogens is 362 g/mol. The van der Waals surface area contributed by atoms with Crippen molar-refractivity contribution in [1.82, 2.24) is 5.32 Å². The third-order valence-electron chi connectivity index (χ3n) is 5.74. The molecule has 1 fully saturated rings. The molecule has 4 heteroatoms. The number of piperidine rings is 1. The van der Waals surface area contributed by atoms with Gasteiger partial charge in [-0.15, -0.1) is 0 Å². The molecule has 150 valence electrons. The van der Waals surface area contributed by atoms with E-state index in [0.717, 1.165) is 25.1 Å². The topological polar surface area (TPSA) is 58.6 Å². The molecular formula is C25H27NO3. The first-order valence-electron chi connectivity index (χ1n) is 10.3. The molecule has 2 unspecified atom stereocenters. The summed E-state index contributed by atoms with van der Waals surface area (Å²) in [5, 5.41) is 14.8. The highest BCUT2D eigenvalue weighted by atomic mass is 16.5. The number of nitrogens with one attached hydrogen (secondary N) is 1. The molecule has 29 heavy (non-hydrogen) atoms. The van der Waals surface area contributed by atoms with Crippen molar-refractivity contribution in [3.8, 4) is 0 Å². The lowest BCUT2D eigenvalue weighted by atomic mass is 9.87. The number of aryl methyl sites for hydroxylation is 1. The van der Waals surface area contributed by atoms with Gasteiger partial charge in [-0.25, -0.2) is 0 Å². The van der Waals surface area contributed by atoms with E-state index in [0.29, 0.717) is 18.9 Å². The molecule has 1 aliphatic rings. The summed E-state index contributed by atoms with van der Waals surface area (Å²) in [5.74, 6) is -0.403. The van der Waals surface area contributed by atoms with E-state index in [2.05, 4.69) is 72.0 Å². The van der Waals surface area contributed by atoms with E-state index in [4.69, 9.17) is 9.84 Å². The maximum atomic E-state index is 10.8. The van der Waals surface area contributed by atoms with Crippen molar-refractivity contribution in [2.75, 3.05) is 13.1 Å². The number of rotatable bonds is 7. The van der Waals surface area contributed by atoms with E-state index in [-0.39, 0.29) is 12.5 Å².